The molecule has 0 spiro atoms. The molecule has 2 fully saturated rings. The minimum absolute atomic E-state index is 0.0949. The first-order valence-corrected chi connectivity index (χ1v) is 8.42. The molecule has 6 heteroatoms. The number of hydrogen-bond acceptors (Lipinski definition) is 4. The molecule has 2 aromatic rings. The van der Waals surface area contributed by atoms with Gasteiger partial charge in [-0.15, -0.1) is 0 Å². The number of likely N-dealkylation sites (tertiary alicyclic amines) is 1. The number of aromatic amines is 1. The van der Waals surface area contributed by atoms with Crippen LogP contribution in [0.25, 0.3) is 11.3 Å². The van der Waals surface area contributed by atoms with E-state index in [0.29, 0.717) is 24.0 Å². The third kappa shape index (κ3) is 2.84. The number of amides is 1. The number of nitrogens with one attached hydrogen (secondary N) is 1. The van der Waals surface area contributed by atoms with Crippen molar-refractivity contribution in [3.05, 3.63) is 46.8 Å². The zero-order valence-electron chi connectivity index (χ0n) is 13.6. The molecule has 0 unspecified atom stereocenters. The molecule has 0 aromatic carbocycles. The summed E-state index contributed by atoms with van der Waals surface area (Å²) in [6, 6.07) is 5.18. The molecule has 124 valence electrons. The van der Waals surface area contributed by atoms with Gasteiger partial charge in [-0.1, -0.05) is 6.92 Å². The Hall–Kier alpha value is -2.50. The average molecular weight is 324 g/mol. The van der Waals surface area contributed by atoms with Crippen molar-refractivity contribution in [1.82, 2.24) is 19.9 Å². The molecule has 1 aliphatic carbocycles. The molecule has 1 aliphatic heterocycles. The first-order chi connectivity index (χ1) is 11.6. The third-order valence-electron chi connectivity index (χ3n) is 5.05. The Balaban J connectivity index is 1.56. The van der Waals surface area contributed by atoms with Crippen molar-refractivity contribution in [2.45, 2.75) is 25.7 Å². The number of pyridine rings is 1. The van der Waals surface area contributed by atoms with Crippen LogP contribution in [-0.2, 0) is 4.79 Å². The number of hydrogen-bond donors (Lipinski definition) is 1. The van der Waals surface area contributed by atoms with Gasteiger partial charge >= 0.3 is 0 Å². The minimum Gasteiger partial charge on any atom is -0.342 e. The standard InChI is InChI=1S/C18H20N4O2/c1-11-8-14(11)18(24)22-7-4-13(10-22)17-20-15(9-16(23)21-17)12-2-5-19-6-3-12/h2-3,5-6,9,11,13-14H,4,7-8,10H2,1H3,(H,20,21,23)/t11-,13-,14-/m1/s1. The molecule has 4 rings (SSSR count). The summed E-state index contributed by atoms with van der Waals surface area (Å²) in [6.45, 7) is 3.51. The molecule has 1 saturated carbocycles. The van der Waals surface area contributed by atoms with Crippen LogP contribution >= 0.6 is 0 Å². The van der Waals surface area contributed by atoms with Crippen molar-refractivity contribution < 1.29 is 4.79 Å². The maximum atomic E-state index is 12.4. The van der Waals surface area contributed by atoms with Gasteiger partial charge in [0.25, 0.3) is 5.56 Å². The van der Waals surface area contributed by atoms with Gasteiger partial charge in [-0.2, -0.15) is 0 Å². The highest BCUT2D eigenvalue weighted by atomic mass is 16.2. The molecule has 24 heavy (non-hydrogen) atoms. The smallest absolute Gasteiger partial charge is 0.251 e. The number of H-pyrrole nitrogens is 1. The third-order valence-corrected chi connectivity index (χ3v) is 5.05. The van der Waals surface area contributed by atoms with Crippen molar-refractivity contribution in [2.75, 3.05) is 13.1 Å². The van der Waals surface area contributed by atoms with Gasteiger partial charge in [0.2, 0.25) is 5.91 Å². The summed E-state index contributed by atoms with van der Waals surface area (Å²) in [5, 5.41) is 0. The van der Waals surface area contributed by atoms with Gasteiger partial charge in [-0.3, -0.25) is 14.6 Å². The number of carbonyl (C=O) groups is 1. The molecule has 0 radical (unpaired) electrons. The normalized spacial score (nSPS) is 25.7. The molecular formula is C18H20N4O2. The van der Waals surface area contributed by atoms with Gasteiger partial charge in [-0.05, 0) is 30.9 Å². The van der Waals surface area contributed by atoms with E-state index in [-0.39, 0.29) is 23.3 Å². The van der Waals surface area contributed by atoms with E-state index in [1.807, 2.05) is 17.0 Å². The average Bonchev–Trinajstić information content (AvgIpc) is 3.12. The molecule has 3 atom stereocenters. The van der Waals surface area contributed by atoms with Crippen LogP contribution in [0.5, 0.6) is 0 Å². The van der Waals surface area contributed by atoms with Crippen LogP contribution < -0.4 is 5.56 Å². The van der Waals surface area contributed by atoms with E-state index in [2.05, 4.69) is 21.9 Å². The molecule has 1 saturated heterocycles. The predicted octanol–water partition coefficient (Wildman–Crippen LogP) is 1.80. The van der Waals surface area contributed by atoms with E-state index in [4.69, 9.17) is 0 Å². The van der Waals surface area contributed by atoms with E-state index in [0.717, 1.165) is 24.9 Å². The Kier molecular flexibility index (Phi) is 3.67. The second-order valence-corrected chi connectivity index (χ2v) is 6.84. The topological polar surface area (TPSA) is 79.0 Å². The van der Waals surface area contributed by atoms with Crippen LogP contribution in [-0.4, -0.2) is 38.8 Å². The van der Waals surface area contributed by atoms with Crippen molar-refractivity contribution in [3.63, 3.8) is 0 Å². The first-order valence-electron chi connectivity index (χ1n) is 8.42. The second-order valence-electron chi connectivity index (χ2n) is 6.84. The lowest BCUT2D eigenvalue weighted by molar-refractivity contribution is -0.131. The highest BCUT2D eigenvalue weighted by Gasteiger charge is 2.43. The van der Waals surface area contributed by atoms with Gasteiger partial charge < -0.3 is 9.88 Å². The van der Waals surface area contributed by atoms with Gasteiger partial charge in [-0.25, -0.2) is 4.98 Å². The molecule has 0 bridgehead atoms. The Morgan fingerprint density at radius 1 is 1.33 bits per heavy atom. The maximum Gasteiger partial charge on any atom is 0.251 e. The number of carbonyl (C=O) groups excluding carboxylic acids is 1. The molecule has 3 heterocycles. The molecule has 1 amide bonds. The second kappa shape index (κ2) is 5.85. The monoisotopic (exact) mass is 324 g/mol. The fraction of sp³-hybridized carbons (Fsp3) is 0.444. The minimum atomic E-state index is -0.160. The fourth-order valence-corrected chi connectivity index (χ4v) is 3.42. The highest BCUT2D eigenvalue weighted by molar-refractivity contribution is 5.82. The number of nitrogens with zero attached hydrogens (tertiary/aromatic N) is 3. The summed E-state index contributed by atoms with van der Waals surface area (Å²) in [6.07, 6.45) is 5.22. The molecule has 1 N–H and O–H groups in total. The molecular weight excluding hydrogens is 304 g/mol. The Labute approximate surface area is 140 Å². The van der Waals surface area contributed by atoms with Crippen molar-refractivity contribution in [1.29, 1.82) is 0 Å². The van der Waals surface area contributed by atoms with Crippen LogP contribution in [0.3, 0.4) is 0 Å². The van der Waals surface area contributed by atoms with E-state index in [1.54, 1.807) is 12.4 Å². The first kappa shape index (κ1) is 15.1. The summed E-state index contributed by atoms with van der Waals surface area (Å²) >= 11 is 0. The van der Waals surface area contributed by atoms with Gasteiger partial charge in [0.1, 0.15) is 5.82 Å². The lowest BCUT2D eigenvalue weighted by Crippen LogP contribution is -2.30. The van der Waals surface area contributed by atoms with Crippen LogP contribution in [0.15, 0.2) is 35.4 Å². The van der Waals surface area contributed by atoms with Crippen LogP contribution in [0.4, 0.5) is 0 Å². The quantitative estimate of drug-likeness (QED) is 0.934. The van der Waals surface area contributed by atoms with E-state index in [1.165, 1.54) is 6.07 Å². The summed E-state index contributed by atoms with van der Waals surface area (Å²) in [5.41, 5.74) is 1.36. The van der Waals surface area contributed by atoms with Gasteiger partial charge in [0.15, 0.2) is 0 Å². The Morgan fingerprint density at radius 3 is 2.79 bits per heavy atom. The zero-order valence-corrected chi connectivity index (χ0v) is 13.6. The SMILES string of the molecule is C[C@@H]1C[C@H]1C(=O)N1CC[C@@H](c2nc(-c3ccncc3)cc(=O)[nH]2)C1. The Bertz CT molecular complexity index is 817. The lowest BCUT2D eigenvalue weighted by atomic mass is 10.1. The molecule has 6 nitrogen and oxygen atoms in total. The van der Waals surface area contributed by atoms with E-state index in [9.17, 15) is 9.59 Å². The fourth-order valence-electron chi connectivity index (χ4n) is 3.42. The molecule has 2 aliphatic rings. The van der Waals surface area contributed by atoms with Crippen molar-refractivity contribution >= 4 is 5.91 Å². The van der Waals surface area contributed by atoms with Crippen LogP contribution in [0.2, 0.25) is 0 Å². The van der Waals surface area contributed by atoms with E-state index >= 15 is 0 Å². The zero-order chi connectivity index (χ0) is 16.7. The summed E-state index contributed by atoms with van der Waals surface area (Å²) in [5.74, 6) is 1.76. The number of rotatable bonds is 3. The largest absolute Gasteiger partial charge is 0.342 e. The maximum absolute atomic E-state index is 12.4. The Morgan fingerprint density at radius 2 is 2.08 bits per heavy atom. The lowest BCUT2D eigenvalue weighted by Gasteiger charge is -2.16. The molecule has 2 aromatic heterocycles. The highest BCUT2D eigenvalue weighted by Crippen LogP contribution is 2.40. The van der Waals surface area contributed by atoms with Crippen LogP contribution in [0.1, 0.15) is 31.5 Å². The van der Waals surface area contributed by atoms with Gasteiger partial charge in [0.05, 0.1) is 5.69 Å². The van der Waals surface area contributed by atoms with E-state index < -0.39 is 0 Å². The summed E-state index contributed by atoms with van der Waals surface area (Å²) < 4.78 is 0. The predicted molar refractivity (Wildman–Crippen MR) is 89.3 cm³/mol. The van der Waals surface area contributed by atoms with Gasteiger partial charge in [0, 0.05) is 48.9 Å². The number of aromatic nitrogens is 3. The van der Waals surface area contributed by atoms with Crippen molar-refractivity contribution in [3.8, 4) is 11.3 Å². The van der Waals surface area contributed by atoms with Crippen molar-refractivity contribution in [2.24, 2.45) is 11.8 Å². The van der Waals surface area contributed by atoms with Crippen LogP contribution in [0, 0.1) is 11.8 Å². The summed E-state index contributed by atoms with van der Waals surface area (Å²) in [7, 11) is 0. The summed E-state index contributed by atoms with van der Waals surface area (Å²) in [4.78, 5) is 37.8.